The van der Waals surface area contributed by atoms with Crippen LogP contribution in [0.15, 0.2) is 91.4 Å². The molecule has 0 bridgehead atoms. The van der Waals surface area contributed by atoms with Gasteiger partial charge in [-0.3, -0.25) is 14.4 Å². The zero-order valence-corrected chi connectivity index (χ0v) is 28.9. The summed E-state index contributed by atoms with van der Waals surface area (Å²) in [6.45, 7) is 0. The van der Waals surface area contributed by atoms with Gasteiger partial charge >= 0.3 is 5.97 Å². The second-order valence-electron chi connectivity index (χ2n) is 12.6. The molecule has 3 amide bonds. The van der Waals surface area contributed by atoms with E-state index in [1.807, 2.05) is 85.2 Å². The predicted octanol–water partition coefficient (Wildman–Crippen LogP) is 3.78. The molecule has 0 aliphatic heterocycles. The smallest absolute Gasteiger partial charge is 0.326 e. The molecule has 3 heterocycles. The standard InChI is InChI=1S/C38H41N7O5S/c1-51-15-14-32(43-35(46)28(39)16-22-19-40-29-11-5-2-8-25(22)29)36(47)44-33(17-23-20-41-30-12-6-3-9-26(23)30)37(48)45-34(38(49)50)18-24-21-42-31-13-7-4-10-27(24)31/h2-13,19-21,28,32-34,40-42H,14-18,39H2,1H3,(H,43,46)(H,44,47)(H,45,48)(H,49,50). The van der Waals surface area contributed by atoms with E-state index in [2.05, 4.69) is 30.9 Å². The molecule has 12 nitrogen and oxygen atoms in total. The highest BCUT2D eigenvalue weighted by molar-refractivity contribution is 7.98. The van der Waals surface area contributed by atoms with Crippen LogP contribution in [0, 0.1) is 0 Å². The number of para-hydroxylation sites is 3. The summed E-state index contributed by atoms with van der Waals surface area (Å²) in [6.07, 6.45) is 7.88. The van der Waals surface area contributed by atoms with Gasteiger partial charge in [-0.15, -0.1) is 0 Å². The fraction of sp³-hybridized carbons (Fsp3) is 0.263. The van der Waals surface area contributed by atoms with Crippen LogP contribution in [0.4, 0.5) is 0 Å². The van der Waals surface area contributed by atoms with Gasteiger partial charge in [0, 0.05) is 64.1 Å². The van der Waals surface area contributed by atoms with Gasteiger partial charge in [0.05, 0.1) is 6.04 Å². The van der Waals surface area contributed by atoms with Crippen LogP contribution in [-0.4, -0.2) is 79.9 Å². The number of H-pyrrole nitrogens is 3. The minimum absolute atomic E-state index is 0.0273. The van der Waals surface area contributed by atoms with E-state index in [9.17, 15) is 24.3 Å². The summed E-state index contributed by atoms with van der Waals surface area (Å²) in [4.78, 5) is 63.3. The van der Waals surface area contributed by atoms with Crippen molar-refractivity contribution in [1.29, 1.82) is 0 Å². The molecule has 4 atom stereocenters. The van der Waals surface area contributed by atoms with E-state index in [1.165, 1.54) is 11.8 Å². The van der Waals surface area contributed by atoms with E-state index in [0.717, 1.165) is 49.4 Å². The number of aromatic nitrogens is 3. The number of nitrogens with one attached hydrogen (secondary N) is 6. The molecule has 3 aromatic heterocycles. The lowest BCUT2D eigenvalue weighted by Crippen LogP contribution is -2.58. The molecule has 51 heavy (non-hydrogen) atoms. The Morgan fingerprint density at radius 1 is 0.627 bits per heavy atom. The molecule has 0 radical (unpaired) electrons. The molecular formula is C38H41N7O5S. The van der Waals surface area contributed by atoms with E-state index in [0.29, 0.717) is 5.75 Å². The van der Waals surface area contributed by atoms with E-state index < -0.39 is 47.9 Å². The van der Waals surface area contributed by atoms with Crippen LogP contribution in [0.3, 0.4) is 0 Å². The van der Waals surface area contributed by atoms with Crippen LogP contribution in [-0.2, 0) is 38.4 Å². The van der Waals surface area contributed by atoms with Crippen molar-refractivity contribution in [1.82, 2.24) is 30.9 Å². The number of aromatic amines is 3. The highest BCUT2D eigenvalue weighted by Gasteiger charge is 2.31. The SMILES string of the molecule is CSCCC(NC(=O)C(N)Cc1c[nH]c2ccccc12)C(=O)NC(Cc1c[nH]c2ccccc12)C(=O)NC(Cc1c[nH]c2ccccc12)C(=O)O. The number of amides is 3. The minimum Gasteiger partial charge on any atom is -0.480 e. The molecule has 0 aliphatic carbocycles. The highest BCUT2D eigenvalue weighted by Crippen LogP contribution is 2.22. The Bertz CT molecular complexity index is 2170. The molecule has 6 aromatic rings. The number of aliphatic carboxylic acids is 1. The second kappa shape index (κ2) is 16.0. The van der Waals surface area contributed by atoms with Crippen molar-refractivity contribution in [3.8, 4) is 0 Å². The monoisotopic (exact) mass is 707 g/mol. The van der Waals surface area contributed by atoms with Crippen LogP contribution in [0.25, 0.3) is 32.7 Å². The van der Waals surface area contributed by atoms with Crippen molar-refractivity contribution in [3.63, 3.8) is 0 Å². The summed E-state index contributed by atoms with van der Waals surface area (Å²) in [5.74, 6) is -2.38. The molecule has 13 heteroatoms. The van der Waals surface area contributed by atoms with Crippen molar-refractivity contribution in [2.45, 2.75) is 49.9 Å². The summed E-state index contributed by atoms with van der Waals surface area (Å²) in [5.41, 5.74) is 11.4. The zero-order chi connectivity index (χ0) is 35.9. The topological polar surface area (TPSA) is 198 Å². The first kappa shape index (κ1) is 35.3. The van der Waals surface area contributed by atoms with E-state index >= 15 is 0 Å². The van der Waals surface area contributed by atoms with Crippen molar-refractivity contribution < 1.29 is 24.3 Å². The fourth-order valence-corrected chi connectivity index (χ4v) is 6.88. The lowest BCUT2D eigenvalue weighted by Gasteiger charge is -2.25. The maximum Gasteiger partial charge on any atom is 0.326 e. The molecule has 0 saturated carbocycles. The van der Waals surface area contributed by atoms with E-state index in [1.54, 1.807) is 12.4 Å². The van der Waals surface area contributed by atoms with Crippen LogP contribution in [0.2, 0.25) is 0 Å². The molecule has 0 fully saturated rings. The first-order chi connectivity index (χ1) is 24.7. The lowest BCUT2D eigenvalue weighted by molar-refractivity contribution is -0.142. The number of fused-ring (bicyclic) bond motifs is 3. The molecule has 0 spiro atoms. The molecule has 264 valence electrons. The molecule has 6 rings (SSSR count). The van der Waals surface area contributed by atoms with Gasteiger partial charge in [-0.25, -0.2) is 4.79 Å². The summed E-state index contributed by atoms with van der Waals surface area (Å²) < 4.78 is 0. The third-order valence-corrected chi connectivity index (χ3v) is 9.78. The van der Waals surface area contributed by atoms with Crippen LogP contribution >= 0.6 is 11.8 Å². The Balaban J connectivity index is 1.20. The molecular weight excluding hydrogens is 667 g/mol. The van der Waals surface area contributed by atoms with Gasteiger partial charge in [-0.1, -0.05) is 54.6 Å². The Hall–Kier alpha value is -5.53. The van der Waals surface area contributed by atoms with Gasteiger partial charge in [0.2, 0.25) is 17.7 Å². The van der Waals surface area contributed by atoms with Crippen molar-refractivity contribution in [3.05, 3.63) is 108 Å². The van der Waals surface area contributed by atoms with E-state index in [4.69, 9.17) is 5.73 Å². The largest absolute Gasteiger partial charge is 0.480 e. The number of hydrogen-bond acceptors (Lipinski definition) is 6. The van der Waals surface area contributed by atoms with Crippen LogP contribution < -0.4 is 21.7 Å². The first-order valence-corrected chi connectivity index (χ1v) is 18.1. The zero-order valence-electron chi connectivity index (χ0n) is 28.1. The number of benzene rings is 3. The number of carbonyl (C=O) groups is 4. The minimum atomic E-state index is -1.27. The summed E-state index contributed by atoms with van der Waals surface area (Å²) in [6, 6.07) is 18.5. The molecule has 0 saturated heterocycles. The summed E-state index contributed by atoms with van der Waals surface area (Å²) in [5, 5.41) is 21.2. The van der Waals surface area contributed by atoms with Gasteiger partial charge in [0.1, 0.15) is 18.1 Å². The second-order valence-corrected chi connectivity index (χ2v) is 13.6. The van der Waals surface area contributed by atoms with E-state index in [-0.39, 0.29) is 25.7 Å². The van der Waals surface area contributed by atoms with Crippen molar-refractivity contribution in [2.24, 2.45) is 5.73 Å². The van der Waals surface area contributed by atoms with Crippen molar-refractivity contribution >= 4 is 68.2 Å². The third kappa shape index (κ3) is 8.27. The average molecular weight is 708 g/mol. The number of nitrogens with two attached hydrogens (primary N) is 1. The van der Waals surface area contributed by atoms with Crippen LogP contribution in [0.5, 0.6) is 0 Å². The molecule has 4 unspecified atom stereocenters. The Morgan fingerprint density at radius 3 is 1.53 bits per heavy atom. The number of carboxylic acid groups (broad SMARTS) is 1. The molecule has 0 aliphatic rings. The van der Waals surface area contributed by atoms with Gasteiger partial charge in [0.15, 0.2) is 0 Å². The highest BCUT2D eigenvalue weighted by atomic mass is 32.2. The first-order valence-electron chi connectivity index (χ1n) is 16.7. The normalized spacial score (nSPS) is 13.8. The van der Waals surface area contributed by atoms with Gasteiger partial charge in [-0.2, -0.15) is 11.8 Å². The number of hydrogen-bond donors (Lipinski definition) is 8. The Morgan fingerprint density at radius 2 is 1.04 bits per heavy atom. The quantitative estimate of drug-likeness (QED) is 0.0749. The maximum atomic E-state index is 14.0. The molecule has 3 aromatic carbocycles. The molecule has 9 N–H and O–H groups in total. The summed E-state index contributed by atoms with van der Waals surface area (Å²) >= 11 is 1.51. The number of carbonyl (C=O) groups excluding carboxylic acids is 3. The van der Waals surface area contributed by atoms with Crippen LogP contribution in [0.1, 0.15) is 23.1 Å². The Kier molecular flexibility index (Phi) is 11.1. The number of carboxylic acids is 1. The predicted molar refractivity (Wildman–Crippen MR) is 200 cm³/mol. The average Bonchev–Trinajstić information content (AvgIpc) is 3.86. The Labute approximate surface area is 298 Å². The fourth-order valence-electron chi connectivity index (χ4n) is 6.41. The number of thioether (sulfide) groups is 1. The third-order valence-electron chi connectivity index (χ3n) is 9.14. The summed E-state index contributed by atoms with van der Waals surface area (Å²) in [7, 11) is 0. The number of rotatable bonds is 16. The van der Waals surface area contributed by atoms with Crippen molar-refractivity contribution in [2.75, 3.05) is 12.0 Å². The maximum absolute atomic E-state index is 14.0. The van der Waals surface area contributed by atoms with Gasteiger partial charge in [0.25, 0.3) is 0 Å². The van der Waals surface area contributed by atoms with Gasteiger partial charge in [-0.05, 0) is 59.7 Å². The lowest BCUT2D eigenvalue weighted by atomic mass is 10.0. The van der Waals surface area contributed by atoms with Gasteiger partial charge < -0.3 is 41.7 Å².